The highest BCUT2D eigenvalue weighted by Gasteiger charge is 2.10. The van der Waals surface area contributed by atoms with Crippen molar-refractivity contribution < 1.29 is 9.90 Å². The second kappa shape index (κ2) is 6.88. The predicted octanol–water partition coefficient (Wildman–Crippen LogP) is 1.47. The number of amides is 1. The minimum Gasteiger partial charge on any atom is -0.508 e. The standard InChI is InChI=1S/C16H19N3O2/c17-16(19(18)11-20)14-7-3-12(4-8-14)1-2-13-5-9-15(21)10-6-13/h3-11,16,21H,1-2,17-18H2. The first-order valence-electron chi connectivity index (χ1n) is 6.71. The van der Waals surface area contributed by atoms with Gasteiger partial charge in [-0.25, -0.2) is 5.84 Å². The lowest BCUT2D eigenvalue weighted by molar-refractivity contribution is -0.120. The molecule has 0 fully saturated rings. The molecule has 1 amide bonds. The molecule has 0 bridgehead atoms. The molecule has 0 aliphatic heterocycles. The Hall–Kier alpha value is -2.37. The lowest BCUT2D eigenvalue weighted by Gasteiger charge is -2.19. The van der Waals surface area contributed by atoms with Crippen molar-refractivity contribution in [2.24, 2.45) is 11.6 Å². The largest absolute Gasteiger partial charge is 0.508 e. The fourth-order valence-electron chi connectivity index (χ4n) is 2.07. The van der Waals surface area contributed by atoms with Crippen molar-refractivity contribution in [1.82, 2.24) is 5.01 Å². The minimum absolute atomic E-state index is 0.276. The average molecular weight is 285 g/mol. The third-order valence-electron chi connectivity index (χ3n) is 3.40. The third kappa shape index (κ3) is 4.05. The quantitative estimate of drug-likeness (QED) is 0.246. The summed E-state index contributed by atoms with van der Waals surface area (Å²) in [7, 11) is 0. The number of phenolic OH excluding ortho intramolecular Hbond substituents is 1. The van der Waals surface area contributed by atoms with Crippen molar-refractivity contribution in [2.45, 2.75) is 19.0 Å². The topological polar surface area (TPSA) is 92.6 Å². The van der Waals surface area contributed by atoms with Gasteiger partial charge in [0.05, 0.1) is 0 Å². The molecule has 5 nitrogen and oxygen atoms in total. The van der Waals surface area contributed by atoms with Crippen molar-refractivity contribution in [3.8, 4) is 5.75 Å². The molecule has 2 rings (SSSR count). The van der Waals surface area contributed by atoms with Gasteiger partial charge in [-0.15, -0.1) is 0 Å². The molecule has 5 N–H and O–H groups in total. The van der Waals surface area contributed by atoms with E-state index in [9.17, 15) is 9.90 Å². The number of hydrogen-bond acceptors (Lipinski definition) is 4. The maximum atomic E-state index is 10.6. The number of hydrogen-bond donors (Lipinski definition) is 3. The highest BCUT2D eigenvalue weighted by molar-refractivity contribution is 5.47. The van der Waals surface area contributed by atoms with Crippen molar-refractivity contribution in [2.75, 3.05) is 0 Å². The Kier molecular flexibility index (Phi) is 4.92. The molecule has 0 radical (unpaired) electrons. The van der Waals surface area contributed by atoms with E-state index in [2.05, 4.69) is 0 Å². The number of aryl methyl sites for hydroxylation is 2. The van der Waals surface area contributed by atoms with Crippen molar-refractivity contribution in [3.05, 3.63) is 65.2 Å². The molecule has 21 heavy (non-hydrogen) atoms. The first kappa shape index (κ1) is 15.0. The molecule has 1 atom stereocenters. The van der Waals surface area contributed by atoms with Crippen LogP contribution in [0.5, 0.6) is 5.75 Å². The van der Waals surface area contributed by atoms with Crippen LogP contribution in [-0.2, 0) is 17.6 Å². The lowest BCUT2D eigenvalue weighted by atomic mass is 10.0. The van der Waals surface area contributed by atoms with Crippen LogP contribution in [0.25, 0.3) is 0 Å². The van der Waals surface area contributed by atoms with Crippen LogP contribution in [0.15, 0.2) is 48.5 Å². The van der Waals surface area contributed by atoms with Gasteiger partial charge in [0.25, 0.3) is 0 Å². The van der Waals surface area contributed by atoms with Gasteiger partial charge in [0.15, 0.2) is 0 Å². The van der Waals surface area contributed by atoms with Crippen LogP contribution in [0.3, 0.4) is 0 Å². The molecule has 0 saturated carbocycles. The number of nitrogens with two attached hydrogens (primary N) is 2. The zero-order valence-electron chi connectivity index (χ0n) is 11.6. The van der Waals surface area contributed by atoms with Crippen LogP contribution in [0, 0.1) is 0 Å². The van der Waals surface area contributed by atoms with Gasteiger partial charge in [-0.3, -0.25) is 9.80 Å². The molecular weight excluding hydrogens is 266 g/mol. The van der Waals surface area contributed by atoms with Crippen LogP contribution < -0.4 is 11.6 Å². The van der Waals surface area contributed by atoms with E-state index in [0.29, 0.717) is 6.41 Å². The second-order valence-corrected chi connectivity index (χ2v) is 4.91. The van der Waals surface area contributed by atoms with Crippen molar-refractivity contribution >= 4 is 6.41 Å². The van der Waals surface area contributed by atoms with Crippen LogP contribution in [0.1, 0.15) is 22.9 Å². The van der Waals surface area contributed by atoms with Gasteiger partial charge in [-0.05, 0) is 41.7 Å². The Morgan fingerprint density at radius 2 is 1.48 bits per heavy atom. The van der Waals surface area contributed by atoms with Gasteiger partial charge >= 0.3 is 0 Å². The van der Waals surface area contributed by atoms with E-state index in [-0.39, 0.29) is 5.75 Å². The van der Waals surface area contributed by atoms with Gasteiger partial charge in [-0.1, -0.05) is 36.4 Å². The Labute approximate surface area is 123 Å². The molecule has 2 aromatic rings. The maximum absolute atomic E-state index is 10.6. The Balaban J connectivity index is 1.96. The number of phenols is 1. The van der Waals surface area contributed by atoms with Gasteiger partial charge in [0.1, 0.15) is 11.9 Å². The van der Waals surface area contributed by atoms with Gasteiger partial charge < -0.3 is 10.8 Å². The molecule has 5 heteroatoms. The summed E-state index contributed by atoms with van der Waals surface area (Å²) in [5.74, 6) is 5.73. The number of carbonyl (C=O) groups excluding carboxylic acids is 1. The number of aromatic hydroxyl groups is 1. The number of rotatable bonds is 6. The molecule has 0 aliphatic carbocycles. The Morgan fingerprint density at radius 3 is 1.95 bits per heavy atom. The summed E-state index contributed by atoms with van der Waals surface area (Å²) < 4.78 is 0. The Morgan fingerprint density at radius 1 is 1.00 bits per heavy atom. The van der Waals surface area contributed by atoms with E-state index in [1.165, 1.54) is 11.1 Å². The van der Waals surface area contributed by atoms with Crippen LogP contribution in [0.4, 0.5) is 0 Å². The Bertz CT molecular complexity index is 581. The number of hydrazine groups is 1. The third-order valence-corrected chi connectivity index (χ3v) is 3.40. The van der Waals surface area contributed by atoms with E-state index in [4.69, 9.17) is 11.6 Å². The maximum Gasteiger partial charge on any atom is 0.225 e. The molecule has 0 saturated heterocycles. The summed E-state index contributed by atoms with van der Waals surface area (Å²) in [6, 6.07) is 14.9. The fraction of sp³-hybridized carbons (Fsp3) is 0.188. The van der Waals surface area contributed by atoms with Crippen molar-refractivity contribution in [1.29, 1.82) is 0 Å². The highest BCUT2D eigenvalue weighted by Crippen LogP contribution is 2.15. The summed E-state index contributed by atoms with van der Waals surface area (Å²) in [5.41, 5.74) is 8.96. The molecule has 1 unspecified atom stereocenters. The zero-order chi connectivity index (χ0) is 15.2. The van der Waals surface area contributed by atoms with Crippen molar-refractivity contribution in [3.63, 3.8) is 0 Å². The molecule has 0 heterocycles. The smallest absolute Gasteiger partial charge is 0.225 e. The van der Waals surface area contributed by atoms with E-state index in [0.717, 1.165) is 23.4 Å². The monoisotopic (exact) mass is 285 g/mol. The van der Waals surface area contributed by atoms with Gasteiger partial charge in [-0.2, -0.15) is 0 Å². The van der Waals surface area contributed by atoms with Crippen LogP contribution >= 0.6 is 0 Å². The molecule has 110 valence electrons. The molecule has 2 aromatic carbocycles. The highest BCUT2D eigenvalue weighted by atomic mass is 16.3. The average Bonchev–Trinajstić information content (AvgIpc) is 2.53. The van der Waals surface area contributed by atoms with E-state index >= 15 is 0 Å². The minimum atomic E-state index is -0.631. The normalized spacial score (nSPS) is 11.9. The SMILES string of the molecule is NC(c1ccc(CCc2ccc(O)cc2)cc1)N(N)C=O. The lowest BCUT2D eigenvalue weighted by Crippen LogP contribution is -2.38. The predicted molar refractivity (Wildman–Crippen MR) is 81.0 cm³/mol. The summed E-state index contributed by atoms with van der Waals surface area (Å²) >= 11 is 0. The molecule has 0 aliphatic rings. The van der Waals surface area contributed by atoms with Crippen LogP contribution in [-0.4, -0.2) is 16.5 Å². The number of nitrogens with zero attached hydrogens (tertiary/aromatic N) is 1. The summed E-state index contributed by atoms with van der Waals surface area (Å²) in [6.45, 7) is 0. The first-order chi connectivity index (χ1) is 10.1. The van der Waals surface area contributed by atoms with Gasteiger partial charge in [0.2, 0.25) is 6.41 Å². The molecular formula is C16H19N3O2. The second-order valence-electron chi connectivity index (χ2n) is 4.91. The molecule has 0 spiro atoms. The van der Waals surface area contributed by atoms with E-state index in [1.54, 1.807) is 12.1 Å². The molecule has 0 aromatic heterocycles. The van der Waals surface area contributed by atoms with Crippen LogP contribution in [0.2, 0.25) is 0 Å². The summed E-state index contributed by atoms with van der Waals surface area (Å²) in [4.78, 5) is 10.6. The summed E-state index contributed by atoms with van der Waals surface area (Å²) in [6.07, 6.45) is 1.65. The van der Waals surface area contributed by atoms with E-state index < -0.39 is 6.17 Å². The zero-order valence-corrected chi connectivity index (χ0v) is 11.6. The number of carbonyl (C=O) groups is 1. The van der Waals surface area contributed by atoms with E-state index in [1.807, 2.05) is 36.4 Å². The first-order valence-corrected chi connectivity index (χ1v) is 6.71. The fourth-order valence-corrected chi connectivity index (χ4v) is 2.07. The van der Waals surface area contributed by atoms with Gasteiger partial charge in [0, 0.05) is 0 Å². The number of benzene rings is 2. The summed E-state index contributed by atoms with van der Waals surface area (Å²) in [5, 5.41) is 10.2.